The fourth-order valence-electron chi connectivity index (χ4n) is 1.36. The van der Waals surface area contributed by atoms with E-state index < -0.39 is 0 Å². The third kappa shape index (κ3) is 5.80. The Morgan fingerprint density at radius 1 is 1.35 bits per heavy atom. The van der Waals surface area contributed by atoms with Gasteiger partial charge in [0.2, 0.25) is 0 Å². The second-order valence-electron chi connectivity index (χ2n) is 3.94. The number of hydrogen-bond donors (Lipinski definition) is 1. The highest BCUT2D eigenvalue weighted by Gasteiger charge is 2.06. The zero-order valence-electron chi connectivity index (χ0n) is 10.2. The topological polar surface area (TPSA) is 29.1 Å². The lowest BCUT2D eigenvalue weighted by molar-refractivity contribution is 0.0982. The second kappa shape index (κ2) is 8.20. The van der Waals surface area contributed by atoms with E-state index in [0.717, 1.165) is 6.42 Å². The molecule has 0 saturated carbocycles. The molecule has 1 aromatic carbocycles. The predicted octanol–water partition coefficient (Wildman–Crippen LogP) is 3.21. The van der Waals surface area contributed by atoms with Gasteiger partial charge in [0.25, 0.3) is 0 Å². The van der Waals surface area contributed by atoms with Crippen LogP contribution in [0.1, 0.15) is 37.0 Å². The summed E-state index contributed by atoms with van der Waals surface area (Å²) in [6.45, 7) is 4.85. The van der Waals surface area contributed by atoms with Crippen LogP contribution in [0.25, 0.3) is 0 Å². The molecule has 1 atom stereocenters. The van der Waals surface area contributed by atoms with Gasteiger partial charge in [0.15, 0.2) is 5.78 Å². The number of carbonyl (C=O) groups excluding carboxylic acids is 1. The summed E-state index contributed by atoms with van der Waals surface area (Å²) in [4.78, 5) is 11.7. The Bertz CT molecular complexity index is 340. The maximum Gasteiger partial charge on any atom is 0.164 e. The van der Waals surface area contributed by atoms with Gasteiger partial charge >= 0.3 is 0 Å². The Morgan fingerprint density at radius 3 is 2.47 bits per heavy atom. The highest BCUT2D eigenvalue weighted by atomic mass is 35.5. The van der Waals surface area contributed by atoms with E-state index in [1.165, 1.54) is 24.3 Å². The molecule has 1 unspecified atom stereocenters. The highest BCUT2D eigenvalue weighted by molar-refractivity contribution is 5.96. The van der Waals surface area contributed by atoms with E-state index in [9.17, 15) is 9.18 Å². The first-order valence-electron chi connectivity index (χ1n) is 5.65. The van der Waals surface area contributed by atoms with Crippen LogP contribution >= 0.6 is 12.4 Å². The molecular formula is C13H19ClFNO. The molecule has 0 spiro atoms. The maximum absolute atomic E-state index is 12.6. The molecule has 17 heavy (non-hydrogen) atoms. The van der Waals surface area contributed by atoms with Crippen molar-refractivity contribution in [2.45, 2.75) is 32.7 Å². The standard InChI is InChI=1S/C13H18FNO.ClH/c1-3-10(2)15-9-8-13(16)11-4-6-12(14)7-5-11;/h4-7,10,15H,3,8-9H2,1-2H3;1H. The number of Topliss-reactive ketones (excluding diaryl/α,β-unsaturated/α-hetero) is 1. The van der Waals surface area contributed by atoms with Crippen LogP contribution in [0.4, 0.5) is 4.39 Å². The number of nitrogens with one attached hydrogen (secondary N) is 1. The van der Waals surface area contributed by atoms with E-state index in [-0.39, 0.29) is 24.0 Å². The highest BCUT2D eigenvalue weighted by Crippen LogP contribution is 2.05. The summed E-state index contributed by atoms with van der Waals surface area (Å²) >= 11 is 0. The lowest BCUT2D eigenvalue weighted by Gasteiger charge is -2.10. The summed E-state index contributed by atoms with van der Waals surface area (Å²) in [7, 11) is 0. The van der Waals surface area contributed by atoms with Crippen LogP contribution in [-0.4, -0.2) is 18.4 Å². The Morgan fingerprint density at radius 2 is 1.94 bits per heavy atom. The third-order valence-corrected chi connectivity index (χ3v) is 2.62. The number of hydrogen-bond acceptors (Lipinski definition) is 2. The van der Waals surface area contributed by atoms with Gasteiger partial charge in [0, 0.05) is 24.6 Å². The molecule has 0 radical (unpaired) electrons. The summed E-state index contributed by atoms with van der Waals surface area (Å²) in [5.41, 5.74) is 0.576. The van der Waals surface area contributed by atoms with E-state index in [0.29, 0.717) is 24.6 Å². The average molecular weight is 260 g/mol. The van der Waals surface area contributed by atoms with Crippen LogP contribution in [0.2, 0.25) is 0 Å². The van der Waals surface area contributed by atoms with Crippen LogP contribution in [0.15, 0.2) is 24.3 Å². The summed E-state index contributed by atoms with van der Waals surface area (Å²) < 4.78 is 12.6. The molecule has 0 bridgehead atoms. The average Bonchev–Trinajstić information content (AvgIpc) is 2.29. The SMILES string of the molecule is CCC(C)NCCC(=O)c1ccc(F)cc1.Cl. The van der Waals surface area contributed by atoms with Crippen molar-refractivity contribution in [3.63, 3.8) is 0 Å². The van der Waals surface area contributed by atoms with Gasteiger partial charge in [-0.15, -0.1) is 12.4 Å². The minimum Gasteiger partial charge on any atom is -0.314 e. The largest absolute Gasteiger partial charge is 0.314 e. The van der Waals surface area contributed by atoms with Crippen LogP contribution < -0.4 is 5.32 Å². The van der Waals surface area contributed by atoms with Crippen molar-refractivity contribution in [3.05, 3.63) is 35.6 Å². The molecule has 1 rings (SSSR count). The molecule has 0 aliphatic rings. The molecule has 0 aliphatic carbocycles. The number of halogens is 2. The number of ketones is 1. The van der Waals surface area contributed by atoms with Crippen molar-refractivity contribution < 1.29 is 9.18 Å². The normalized spacial score (nSPS) is 11.7. The van der Waals surface area contributed by atoms with E-state index in [4.69, 9.17) is 0 Å². The van der Waals surface area contributed by atoms with Crippen LogP contribution in [-0.2, 0) is 0 Å². The minimum atomic E-state index is -0.311. The zero-order valence-corrected chi connectivity index (χ0v) is 11.0. The van der Waals surface area contributed by atoms with Crippen molar-refractivity contribution in [1.29, 1.82) is 0 Å². The van der Waals surface area contributed by atoms with E-state index in [1.54, 1.807) is 0 Å². The van der Waals surface area contributed by atoms with Gasteiger partial charge in [-0.05, 0) is 37.6 Å². The quantitative estimate of drug-likeness (QED) is 0.795. The zero-order chi connectivity index (χ0) is 12.0. The monoisotopic (exact) mass is 259 g/mol. The maximum atomic E-state index is 12.6. The molecule has 1 aromatic rings. The molecule has 96 valence electrons. The third-order valence-electron chi connectivity index (χ3n) is 2.62. The van der Waals surface area contributed by atoms with Crippen LogP contribution in [0.3, 0.4) is 0 Å². The van der Waals surface area contributed by atoms with Gasteiger partial charge in [-0.1, -0.05) is 6.92 Å². The molecule has 2 nitrogen and oxygen atoms in total. The molecule has 0 aromatic heterocycles. The first-order valence-corrected chi connectivity index (χ1v) is 5.65. The van der Waals surface area contributed by atoms with Gasteiger partial charge in [0.05, 0.1) is 0 Å². The molecule has 0 fully saturated rings. The van der Waals surface area contributed by atoms with Gasteiger partial charge in [-0.2, -0.15) is 0 Å². The van der Waals surface area contributed by atoms with E-state index >= 15 is 0 Å². The summed E-state index contributed by atoms with van der Waals surface area (Å²) in [5.74, 6) is -0.259. The Balaban J connectivity index is 0.00000256. The Labute approximate surface area is 108 Å². The molecule has 4 heteroatoms. The van der Waals surface area contributed by atoms with E-state index in [1.807, 2.05) is 0 Å². The lowest BCUT2D eigenvalue weighted by atomic mass is 10.1. The van der Waals surface area contributed by atoms with Crippen molar-refractivity contribution in [2.75, 3.05) is 6.54 Å². The minimum absolute atomic E-state index is 0. The van der Waals surface area contributed by atoms with Crippen molar-refractivity contribution in [1.82, 2.24) is 5.32 Å². The van der Waals surface area contributed by atoms with Crippen LogP contribution in [0, 0.1) is 5.82 Å². The van der Waals surface area contributed by atoms with Gasteiger partial charge in [-0.3, -0.25) is 4.79 Å². The first-order chi connectivity index (χ1) is 7.63. The van der Waals surface area contributed by atoms with Crippen molar-refractivity contribution in [3.8, 4) is 0 Å². The van der Waals surface area contributed by atoms with Gasteiger partial charge in [-0.25, -0.2) is 4.39 Å². The number of benzene rings is 1. The van der Waals surface area contributed by atoms with Gasteiger partial charge in [0.1, 0.15) is 5.82 Å². The Hall–Kier alpha value is -0.930. The lowest BCUT2D eigenvalue weighted by Crippen LogP contribution is -2.27. The summed E-state index contributed by atoms with van der Waals surface area (Å²) in [6, 6.07) is 6.12. The van der Waals surface area contributed by atoms with Crippen molar-refractivity contribution in [2.24, 2.45) is 0 Å². The summed E-state index contributed by atoms with van der Waals surface area (Å²) in [5, 5.41) is 3.25. The van der Waals surface area contributed by atoms with Gasteiger partial charge < -0.3 is 5.32 Å². The molecule has 0 aliphatic heterocycles. The fourth-order valence-corrected chi connectivity index (χ4v) is 1.36. The van der Waals surface area contributed by atoms with E-state index in [2.05, 4.69) is 19.2 Å². The molecule has 0 amide bonds. The molecule has 1 N–H and O–H groups in total. The fraction of sp³-hybridized carbons (Fsp3) is 0.462. The molecular weight excluding hydrogens is 241 g/mol. The summed E-state index contributed by atoms with van der Waals surface area (Å²) in [6.07, 6.45) is 1.50. The second-order valence-corrected chi connectivity index (χ2v) is 3.94. The number of carbonyl (C=O) groups is 1. The predicted molar refractivity (Wildman–Crippen MR) is 70.4 cm³/mol. The molecule has 0 saturated heterocycles. The molecule has 0 heterocycles. The Kier molecular flexibility index (Phi) is 7.75. The van der Waals surface area contributed by atoms with Crippen LogP contribution in [0.5, 0.6) is 0 Å². The smallest absolute Gasteiger partial charge is 0.164 e. The van der Waals surface area contributed by atoms with Crippen molar-refractivity contribution >= 4 is 18.2 Å². The first kappa shape index (κ1) is 16.1. The number of rotatable bonds is 6.